The number of halogens is 1. The fraction of sp³-hybridized carbons (Fsp3) is 0.355. The van der Waals surface area contributed by atoms with Crippen LogP contribution in [0.3, 0.4) is 0 Å². The third kappa shape index (κ3) is 8.01. The van der Waals surface area contributed by atoms with Crippen LogP contribution in [-0.2, 0) is 26.2 Å². The maximum atomic E-state index is 14.2. The van der Waals surface area contributed by atoms with Crippen molar-refractivity contribution in [2.75, 3.05) is 18.0 Å². The molecular weight excluding hydrogens is 562 g/mol. The first-order chi connectivity index (χ1) is 19.3. The lowest BCUT2D eigenvalue weighted by Crippen LogP contribution is -2.55. The van der Waals surface area contributed by atoms with Crippen LogP contribution in [0.5, 0.6) is 5.75 Å². The summed E-state index contributed by atoms with van der Waals surface area (Å²) in [5, 5.41) is 3.39. The molecule has 0 fully saturated rings. The number of carbonyl (C=O) groups is 2. The SMILES string of the molecule is CC[C@@H](C(=O)NC(C)(C)C)N(Cc1ccccc1Cl)C(=O)CN(c1ccccc1OC)S(=O)(=O)c1ccc(C)cc1. The second-order valence-corrected chi connectivity index (χ2v) is 13.0. The third-order valence-corrected chi connectivity index (χ3v) is 8.57. The summed E-state index contributed by atoms with van der Waals surface area (Å²) in [6, 6.07) is 19.2. The van der Waals surface area contributed by atoms with Crippen molar-refractivity contribution in [1.82, 2.24) is 10.2 Å². The summed E-state index contributed by atoms with van der Waals surface area (Å²) in [6.07, 6.45) is 0.303. The van der Waals surface area contributed by atoms with E-state index < -0.39 is 34.1 Å². The number of nitrogens with zero attached hydrogens (tertiary/aromatic N) is 2. The standard InChI is InChI=1S/C31H38ClN3O5S/c1-7-26(30(37)33-31(3,4)5)34(20-23-12-8-9-13-25(23)32)29(36)21-35(27-14-10-11-15-28(27)40-6)41(38,39)24-18-16-22(2)17-19-24/h8-19,26H,7,20-21H2,1-6H3,(H,33,37)/t26-/m0/s1. The molecule has 0 spiro atoms. The van der Waals surface area contributed by atoms with Crippen molar-refractivity contribution in [2.24, 2.45) is 0 Å². The van der Waals surface area contributed by atoms with E-state index in [0.717, 1.165) is 9.87 Å². The highest BCUT2D eigenvalue weighted by atomic mass is 35.5. The van der Waals surface area contributed by atoms with Gasteiger partial charge in [-0.2, -0.15) is 0 Å². The Morgan fingerprint density at radius 3 is 2.17 bits per heavy atom. The van der Waals surface area contributed by atoms with Crippen molar-refractivity contribution in [3.63, 3.8) is 0 Å². The molecule has 220 valence electrons. The van der Waals surface area contributed by atoms with Crippen LogP contribution in [0, 0.1) is 6.92 Å². The molecular formula is C31H38ClN3O5S. The summed E-state index contributed by atoms with van der Waals surface area (Å²) in [7, 11) is -2.78. The van der Waals surface area contributed by atoms with Crippen molar-refractivity contribution in [2.45, 2.75) is 64.1 Å². The minimum Gasteiger partial charge on any atom is -0.495 e. The summed E-state index contributed by atoms with van der Waals surface area (Å²) in [6.45, 7) is 8.68. The number of methoxy groups -OCH3 is 1. The molecule has 0 unspecified atom stereocenters. The first kappa shape index (κ1) is 32.0. The lowest BCUT2D eigenvalue weighted by atomic mass is 10.1. The number of benzene rings is 3. The largest absolute Gasteiger partial charge is 0.495 e. The number of nitrogens with one attached hydrogen (secondary N) is 1. The van der Waals surface area contributed by atoms with Crippen molar-refractivity contribution in [3.8, 4) is 5.75 Å². The summed E-state index contributed by atoms with van der Waals surface area (Å²) in [4.78, 5) is 29.1. The predicted molar refractivity (Wildman–Crippen MR) is 163 cm³/mol. The Balaban J connectivity index is 2.12. The fourth-order valence-corrected chi connectivity index (χ4v) is 5.99. The van der Waals surface area contributed by atoms with Crippen LogP contribution in [0.15, 0.2) is 77.7 Å². The Bertz CT molecular complexity index is 1470. The zero-order chi connectivity index (χ0) is 30.4. The van der Waals surface area contributed by atoms with E-state index >= 15 is 0 Å². The molecule has 3 aromatic carbocycles. The number of para-hydroxylation sites is 2. The van der Waals surface area contributed by atoms with Crippen molar-refractivity contribution >= 4 is 39.1 Å². The summed E-state index contributed by atoms with van der Waals surface area (Å²) in [5.74, 6) is -0.626. The number of carbonyl (C=O) groups excluding carboxylic acids is 2. The van der Waals surface area contributed by atoms with E-state index in [-0.39, 0.29) is 28.8 Å². The number of aryl methyl sites for hydroxylation is 1. The Labute approximate surface area is 248 Å². The molecule has 3 aromatic rings. The van der Waals surface area contributed by atoms with Gasteiger partial charge in [0.15, 0.2) is 0 Å². The highest BCUT2D eigenvalue weighted by Crippen LogP contribution is 2.33. The normalized spacial score (nSPS) is 12.4. The van der Waals surface area contributed by atoms with E-state index in [0.29, 0.717) is 17.0 Å². The quantitative estimate of drug-likeness (QED) is 0.311. The molecule has 0 aliphatic carbocycles. The van der Waals surface area contributed by atoms with Gasteiger partial charge in [0.05, 0.1) is 17.7 Å². The molecule has 0 aliphatic rings. The molecule has 0 aliphatic heterocycles. The van der Waals surface area contributed by atoms with Crippen molar-refractivity contribution in [3.05, 3.63) is 88.9 Å². The zero-order valence-corrected chi connectivity index (χ0v) is 25.9. The van der Waals surface area contributed by atoms with Crippen LogP contribution in [-0.4, -0.2) is 50.4 Å². The fourth-order valence-electron chi connectivity index (χ4n) is 4.37. The Kier molecular flexibility index (Phi) is 10.4. The van der Waals surface area contributed by atoms with E-state index in [2.05, 4.69) is 5.32 Å². The highest BCUT2D eigenvalue weighted by molar-refractivity contribution is 7.92. The summed E-state index contributed by atoms with van der Waals surface area (Å²) < 4.78 is 34.6. The summed E-state index contributed by atoms with van der Waals surface area (Å²) >= 11 is 6.45. The van der Waals surface area contributed by atoms with E-state index in [9.17, 15) is 18.0 Å². The van der Waals surface area contributed by atoms with Crippen LogP contribution < -0.4 is 14.4 Å². The number of hydrogen-bond donors (Lipinski definition) is 1. The molecule has 0 heterocycles. The van der Waals surface area contributed by atoms with Gasteiger partial charge in [0.1, 0.15) is 18.3 Å². The van der Waals surface area contributed by atoms with Gasteiger partial charge in [-0.05, 0) is 70.0 Å². The molecule has 3 rings (SSSR count). The predicted octanol–water partition coefficient (Wildman–Crippen LogP) is 5.57. The number of anilines is 1. The van der Waals surface area contributed by atoms with Gasteiger partial charge in [0.2, 0.25) is 11.8 Å². The molecule has 41 heavy (non-hydrogen) atoms. The zero-order valence-electron chi connectivity index (χ0n) is 24.3. The molecule has 8 nitrogen and oxygen atoms in total. The smallest absolute Gasteiger partial charge is 0.264 e. The second kappa shape index (κ2) is 13.4. The minimum atomic E-state index is -4.22. The lowest BCUT2D eigenvalue weighted by Gasteiger charge is -2.35. The summed E-state index contributed by atoms with van der Waals surface area (Å²) in [5.41, 5.74) is 1.19. The molecule has 0 radical (unpaired) electrons. The molecule has 0 aromatic heterocycles. The van der Waals surface area contributed by atoms with Crippen molar-refractivity contribution < 1.29 is 22.7 Å². The van der Waals surface area contributed by atoms with Gasteiger partial charge in [-0.15, -0.1) is 0 Å². The van der Waals surface area contributed by atoms with Crippen molar-refractivity contribution in [1.29, 1.82) is 0 Å². The van der Waals surface area contributed by atoms with Gasteiger partial charge >= 0.3 is 0 Å². The molecule has 1 N–H and O–H groups in total. The molecule has 0 bridgehead atoms. The van der Waals surface area contributed by atoms with Gasteiger partial charge < -0.3 is 15.0 Å². The van der Waals surface area contributed by atoms with E-state index in [1.165, 1.54) is 24.1 Å². The maximum Gasteiger partial charge on any atom is 0.264 e. The molecule has 10 heteroatoms. The average molecular weight is 600 g/mol. The lowest BCUT2D eigenvalue weighted by molar-refractivity contribution is -0.141. The van der Waals surface area contributed by atoms with Crippen LogP contribution in [0.1, 0.15) is 45.2 Å². The second-order valence-electron chi connectivity index (χ2n) is 10.8. The van der Waals surface area contributed by atoms with Gasteiger partial charge in [-0.1, -0.05) is 66.6 Å². The number of hydrogen-bond acceptors (Lipinski definition) is 5. The van der Waals surface area contributed by atoms with Gasteiger partial charge in [-0.25, -0.2) is 8.42 Å². The highest BCUT2D eigenvalue weighted by Gasteiger charge is 2.35. The van der Waals surface area contributed by atoms with Crippen LogP contribution in [0.2, 0.25) is 5.02 Å². The first-order valence-corrected chi connectivity index (χ1v) is 15.2. The average Bonchev–Trinajstić information content (AvgIpc) is 2.91. The third-order valence-electron chi connectivity index (χ3n) is 6.42. The van der Waals surface area contributed by atoms with Crippen LogP contribution in [0.25, 0.3) is 0 Å². The number of ether oxygens (including phenoxy) is 1. The number of amides is 2. The first-order valence-electron chi connectivity index (χ1n) is 13.4. The number of rotatable bonds is 11. The van der Waals surface area contributed by atoms with E-state index in [4.69, 9.17) is 16.3 Å². The Morgan fingerprint density at radius 1 is 0.976 bits per heavy atom. The molecule has 2 amide bonds. The Hall–Kier alpha value is -3.56. The molecule has 0 saturated heterocycles. The topological polar surface area (TPSA) is 96.0 Å². The van der Waals surface area contributed by atoms with Crippen LogP contribution >= 0.6 is 11.6 Å². The van der Waals surface area contributed by atoms with Gasteiger partial charge in [0.25, 0.3) is 10.0 Å². The van der Waals surface area contributed by atoms with Crippen LogP contribution in [0.4, 0.5) is 5.69 Å². The van der Waals surface area contributed by atoms with Gasteiger partial charge in [-0.3, -0.25) is 13.9 Å². The maximum absolute atomic E-state index is 14.2. The molecule has 0 saturated carbocycles. The molecule has 1 atom stereocenters. The monoisotopic (exact) mass is 599 g/mol. The van der Waals surface area contributed by atoms with E-state index in [1.807, 2.05) is 27.7 Å². The Morgan fingerprint density at radius 2 is 1.59 bits per heavy atom. The number of sulfonamides is 1. The van der Waals surface area contributed by atoms with E-state index in [1.54, 1.807) is 67.6 Å². The van der Waals surface area contributed by atoms with Gasteiger partial charge in [0, 0.05) is 17.1 Å². The minimum absolute atomic E-state index is 0.0128.